The van der Waals surface area contributed by atoms with E-state index in [2.05, 4.69) is 14.7 Å². The minimum atomic E-state index is -3.88. The van der Waals surface area contributed by atoms with Crippen LogP contribution in [0.1, 0.15) is 29.3 Å². The smallest absolute Gasteiger partial charge is 0.341 e. The molecule has 0 fully saturated rings. The Morgan fingerprint density at radius 3 is 2.51 bits per heavy atom. The van der Waals surface area contributed by atoms with Crippen LogP contribution in [0.4, 0.5) is 14.5 Å². The number of ketones is 1. The van der Waals surface area contributed by atoms with Crippen molar-refractivity contribution in [2.24, 2.45) is 0 Å². The second kappa shape index (κ2) is 10.3. The number of hydrogen-bond acceptors (Lipinski definition) is 6. The van der Waals surface area contributed by atoms with E-state index in [1.807, 2.05) is 0 Å². The molecular formula is C25H21F2N3O6S. The maximum absolute atomic E-state index is 15.2. The highest BCUT2D eigenvalue weighted by atomic mass is 32.2. The van der Waals surface area contributed by atoms with Gasteiger partial charge in [-0.05, 0) is 42.3 Å². The third kappa shape index (κ3) is 5.59. The van der Waals surface area contributed by atoms with E-state index in [-0.39, 0.29) is 17.7 Å². The molecule has 9 nitrogen and oxygen atoms in total. The Hall–Kier alpha value is -4.32. The minimum absolute atomic E-state index is 0.0582. The second-order valence-corrected chi connectivity index (χ2v) is 9.91. The molecule has 4 aromatic rings. The number of aliphatic carboxylic acids is 1. The topological polar surface area (TPSA) is 138 Å². The van der Waals surface area contributed by atoms with Crippen LogP contribution in [0.5, 0.6) is 5.75 Å². The van der Waals surface area contributed by atoms with Crippen LogP contribution in [-0.4, -0.2) is 47.6 Å². The zero-order valence-electron chi connectivity index (χ0n) is 19.4. The number of benzene rings is 2. The highest BCUT2D eigenvalue weighted by molar-refractivity contribution is 7.92. The van der Waals surface area contributed by atoms with E-state index >= 15 is 4.39 Å². The molecule has 2 heterocycles. The number of halogens is 2. The molecule has 0 atom stereocenters. The van der Waals surface area contributed by atoms with Crippen LogP contribution in [0.15, 0.2) is 54.9 Å². The molecule has 0 aliphatic heterocycles. The quantitative estimate of drug-likeness (QED) is 0.260. The summed E-state index contributed by atoms with van der Waals surface area (Å²) in [5, 5.41) is 9.02. The van der Waals surface area contributed by atoms with E-state index < -0.39 is 51.3 Å². The molecule has 192 valence electrons. The fraction of sp³-hybridized carbons (Fsp3) is 0.160. The average Bonchev–Trinajstić information content (AvgIpc) is 3.28. The second-order valence-electron chi connectivity index (χ2n) is 8.06. The molecule has 37 heavy (non-hydrogen) atoms. The van der Waals surface area contributed by atoms with Crippen molar-refractivity contribution in [1.82, 2.24) is 9.97 Å². The maximum Gasteiger partial charge on any atom is 0.341 e. The van der Waals surface area contributed by atoms with Crippen LogP contribution in [0, 0.1) is 11.6 Å². The summed E-state index contributed by atoms with van der Waals surface area (Å²) in [5.41, 5.74) is 0.0607. The number of aromatic amines is 1. The van der Waals surface area contributed by atoms with Gasteiger partial charge >= 0.3 is 5.97 Å². The molecule has 12 heteroatoms. The third-order valence-corrected chi connectivity index (χ3v) is 6.86. The number of H-pyrrole nitrogens is 1. The van der Waals surface area contributed by atoms with E-state index in [0.29, 0.717) is 27.9 Å². The molecule has 0 saturated carbocycles. The van der Waals surface area contributed by atoms with E-state index in [0.717, 1.165) is 12.1 Å². The summed E-state index contributed by atoms with van der Waals surface area (Å²) in [5.74, 6) is -4.49. The molecular weight excluding hydrogens is 508 g/mol. The highest BCUT2D eigenvalue weighted by Crippen LogP contribution is 2.30. The molecule has 3 N–H and O–H groups in total. The first kappa shape index (κ1) is 25.8. The third-order valence-electron chi connectivity index (χ3n) is 5.38. The van der Waals surface area contributed by atoms with Crippen molar-refractivity contribution < 1.29 is 36.6 Å². The van der Waals surface area contributed by atoms with Crippen LogP contribution in [0.2, 0.25) is 0 Å². The number of sulfonamides is 1. The van der Waals surface area contributed by atoms with Gasteiger partial charge in [-0.1, -0.05) is 19.1 Å². The van der Waals surface area contributed by atoms with Crippen molar-refractivity contribution in [2.45, 2.75) is 13.3 Å². The molecule has 2 aromatic heterocycles. The lowest BCUT2D eigenvalue weighted by molar-refractivity contribution is -0.139. The monoisotopic (exact) mass is 529 g/mol. The predicted molar refractivity (Wildman–Crippen MR) is 132 cm³/mol. The maximum atomic E-state index is 15.2. The van der Waals surface area contributed by atoms with Crippen LogP contribution in [0.25, 0.3) is 22.2 Å². The molecule has 0 saturated heterocycles. The Kier molecular flexibility index (Phi) is 7.21. The van der Waals surface area contributed by atoms with Gasteiger partial charge in [0, 0.05) is 28.9 Å². The van der Waals surface area contributed by atoms with E-state index in [1.165, 1.54) is 12.4 Å². The van der Waals surface area contributed by atoms with E-state index in [4.69, 9.17) is 9.84 Å². The van der Waals surface area contributed by atoms with Crippen molar-refractivity contribution in [1.29, 1.82) is 0 Å². The van der Waals surface area contributed by atoms with Crippen LogP contribution in [-0.2, 0) is 14.8 Å². The number of hydrogen-bond donors (Lipinski definition) is 3. The Morgan fingerprint density at radius 1 is 1.11 bits per heavy atom. The number of pyridine rings is 1. The largest absolute Gasteiger partial charge is 0.482 e. The normalized spacial score (nSPS) is 11.4. The van der Waals surface area contributed by atoms with Crippen molar-refractivity contribution in [2.75, 3.05) is 17.1 Å². The van der Waals surface area contributed by atoms with Gasteiger partial charge in [-0.2, -0.15) is 0 Å². The first-order chi connectivity index (χ1) is 17.6. The minimum Gasteiger partial charge on any atom is -0.482 e. The molecule has 2 aromatic carbocycles. The number of aromatic nitrogens is 2. The molecule has 0 aliphatic rings. The number of nitrogens with one attached hydrogen (secondary N) is 2. The van der Waals surface area contributed by atoms with Gasteiger partial charge in [-0.3, -0.25) is 9.52 Å². The summed E-state index contributed by atoms with van der Waals surface area (Å²) in [6.07, 6.45) is 3.09. The number of carboxylic acid groups (broad SMARTS) is 1. The van der Waals surface area contributed by atoms with Crippen molar-refractivity contribution in [3.8, 4) is 16.9 Å². The van der Waals surface area contributed by atoms with Crippen molar-refractivity contribution >= 4 is 38.5 Å². The Balaban J connectivity index is 1.69. The van der Waals surface area contributed by atoms with Crippen LogP contribution < -0.4 is 9.46 Å². The Morgan fingerprint density at radius 2 is 1.84 bits per heavy atom. The van der Waals surface area contributed by atoms with Crippen molar-refractivity contribution in [3.63, 3.8) is 0 Å². The van der Waals surface area contributed by atoms with Gasteiger partial charge in [0.1, 0.15) is 17.2 Å². The van der Waals surface area contributed by atoms with Crippen LogP contribution >= 0.6 is 0 Å². The fourth-order valence-electron chi connectivity index (χ4n) is 3.70. The number of fused-ring (bicyclic) bond motifs is 1. The van der Waals surface area contributed by atoms with Crippen molar-refractivity contribution in [3.05, 3.63) is 77.6 Å². The van der Waals surface area contributed by atoms with Gasteiger partial charge < -0.3 is 14.8 Å². The SMILES string of the molecule is CCCS(=O)(=O)Nc1ccc(F)c(C(=O)c2c[nH]c3ncc(-c4ccc(OCC(=O)O)cc4)cc23)c1F. The lowest BCUT2D eigenvalue weighted by Crippen LogP contribution is -2.18. The number of nitrogens with zero attached hydrogens (tertiary/aromatic N) is 1. The number of carbonyl (C=O) groups excluding carboxylic acids is 1. The lowest BCUT2D eigenvalue weighted by atomic mass is 10.00. The van der Waals surface area contributed by atoms with Gasteiger partial charge in [0.25, 0.3) is 0 Å². The molecule has 0 radical (unpaired) electrons. The lowest BCUT2D eigenvalue weighted by Gasteiger charge is -2.11. The molecule has 0 aliphatic carbocycles. The van der Waals surface area contributed by atoms with E-state index in [9.17, 15) is 22.4 Å². The van der Waals surface area contributed by atoms with Crippen LogP contribution in [0.3, 0.4) is 0 Å². The zero-order valence-corrected chi connectivity index (χ0v) is 20.2. The highest BCUT2D eigenvalue weighted by Gasteiger charge is 2.26. The number of carbonyl (C=O) groups is 2. The van der Waals surface area contributed by atoms with Gasteiger partial charge in [-0.15, -0.1) is 0 Å². The molecule has 0 amide bonds. The summed E-state index contributed by atoms with van der Waals surface area (Å²) in [6.45, 7) is 1.15. The first-order valence-electron chi connectivity index (χ1n) is 11.0. The van der Waals surface area contributed by atoms with Gasteiger partial charge in [0.2, 0.25) is 15.8 Å². The number of carboxylic acids is 1. The van der Waals surface area contributed by atoms with E-state index in [1.54, 1.807) is 37.3 Å². The summed E-state index contributed by atoms with van der Waals surface area (Å²) in [4.78, 5) is 31.0. The molecule has 0 spiro atoms. The first-order valence-corrected chi connectivity index (χ1v) is 12.7. The number of rotatable bonds is 10. The summed E-state index contributed by atoms with van der Waals surface area (Å²) in [7, 11) is -3.88. The molecule has 4 rings (SSSR count). The summed E-state index contributed by atoms with van der Waals surface area (Å²) < 4.78 is 61.1. The molecule has 0 unspecified atom stereocenters. The number of anilines is 1. The fourth-order valence-corrected chi connectivity index (χ4v) is 4.83. The predicted octanol–water partition coefficient (Wildman–Crippen LogP) is 4.35. The van der Waals surface area contributed by atoms with Gasteiger partial charge in [0.05, 0.1) is 17.0 Å². The Labute approximate surface area is 210 Å². The Bertz CT molecular complexity index is 1600. The number of ether oxygens (including phenoxy) is 1. The summed E-state index contributed by atoms with van der Waals surface area (Å²) in [6, 6.07) is 9.84. The average molecular weight is 530 g/mol. The summed E-state index contributed by atoms with van der Waals surface area (Å²) >= 11 is 0. The standard InChI is InChI=1S/C25H21F2N3O6S/c1-2-9-37(34,35)30-20-8-7-19(26)22(23(20)27)24(33)18-12-29-25-17(18)10-15(11-28-25)14-3-5-16(6-4-14)36-13-21(31)32/h3-8,10-12,30H,2,9,13H2,1H3,(H,28,29)(H,31,32). The van der Waals surface area contributed by atoms with Gasteiger partial charge in [-0.25, -0.2) is 27.0 Å². The molecule has 0 bridgehead atoms. The zero-order chi connectivity index (χ0) is 26.7. The van der Waals surface area contributed by atoms with Gasteiger partial charge in [0.15, 0.2) is 12.4 Å².